The predicted octanol–water partition coefficient (Wildman–Crippen LogP) is 3.15. The van der Waals surface area contributed by atoms with E-state index in [-0.39, 0.29) is 5.92 Å². The van der Waals surface area contributed by atoms with Gasteiger partial charge in [0.1, 0.15) is 11.6 Å². The summed E-state index contributed by atoms with van der Waals surface area (Å²) in [6.45, 7) is 4.45. The van der Waals surface area contributed by atoms with Crippen LogP contribution in [0.25, 0.3) is 0 Å². The lowest BCUT2D eigenvalue weighted by molar-refractivity contribution is 0.556. The molecule has 0 saturated carbocycles. The molecule has 0 heterocycles. The van der Waals surface area contributed by atoms with Gasteiger partial charge in [-0.05, 0) is 35.7 Å². The monoisotopic (exact) mass is 409 g/mol. The first-order chi connectivity index (χ1) is 13.1. The normalized spacial score (nSPS) is 13.3. The molecule has 5 nitrogen and oxygen atoms in total. The first kappa shape index (κ1) is 21.8. The predicted molar refractivity (Wildman–Crippen MR) is 107 cm³/mol. The molecular formula is C20H25F2N3O2S. The lowest BCUT2D eigenvalue weighted by Gasteiger charge is -2.17. The molecule has 0 amide bonds. The molecule has 0 aliphatic heterocycles. The van der Waals surface area contributed by atoms with Crippen LogP contribution in [-0.2, 0) is 16.4 Å². The Morgan fingerprint density at radius 3 is 2.43 bits per heavy atom. The fraction of sp³-hybridized carbons (Fsp3) is 0.350. The first-order valence-electron chi connectivity index (χ1n) is 8.81. The zero-order valence-electron chi connectivity index (χ0n) is 16.4. The minimum atomic E-state index is -3.25. The van der Waals surface area contributed by atoms with Gasteiger partial charge in [0.05, 0.1) is 4.90 Å². The molecule has 0 radical (unpaired) electrons. The SMILES string of the molecule is CN=C(NCc1ccc(S(C)(=O)=O)c(C)c1)NCC(C)c1ccc(F)cc1F. The molecule has 8 heteroatoms. The van der Waals surface area contributed by atoms with E-state index in [0.717, 1.165) is 11.6 Å². The summed E-state index contributed by atoms with van der Waals surface area (Å²) in [6, 6.07) is 8.72. The standard InChI is InChI=1S/C20H25F2N3O2S/c1-13-9-15(5-8-19(13)28(4,26)27)12-25-20(23-3)24-11-14(2)17-7-6-16(21)10-18(17)22/h5-10,14H,11-12H2,1-4H3,(H2,23,24,25). The van der Waals surface area contributed by atoms with E-state index in [4.69, 9.17) is 0 Å². The van der Waals surface area contributed by atoms with Crippen molar-refractivity contribution in [1.82, 2.24) is 10.6 Å². The average Bonchev–Trinajstić information content (AvgIpc) is 2.60. The van der Waals surface area contributed by atoms with Gasteiger partial charge in [0, 0.05) is 38.4 Å². The van der Waals surface area contributed by atoms with Crippen molar-refractivity contribution in [3.63, 3.8) is 0 Å². The molecule has 0 fully saturated rings. The smallest absolute Gasteiger partial charge is 0.191 e. The van der Waals surface area contributed by atoms with E-state index in [2.05, 4.69) is 15.6 Å². The molecule has 152 valence electrons. The van der Waals surface area contributed by atoms with Crippen molar-refractivity contribution < 1.29 is 17.2 Å². The zero-order valence-corrected chi connectivity index (χ0v) is 17.2. The van der Waals surface area contributed by atoms with Gasteiger partial charge in [-0.15, -0.1) is 0 Å². The Morgan fingerprint density at radius 1 is 1.14 bits per heavy atom. The molecule has 0 saturated heterocycles. The molecule has 2 aromatic carbocycles. The second-order valence-electron chi connectivity index (χ2n) is 6.75. The van der Waals surface area contributed by atoms with E-state index in [1.807, 2.05) is 13.0 Å². The van der Waals surface area contributed by atoms with Gasteiger partial charge < -0.3 is 10.6 Å². The van der Waals surface area contributed by atoms with E-state index >= 15 is 0 Å². The van der Waals surface area contributed by atoms with Crippen molar-refractivity contribution in [2.75, 3.05) is 19.8 Å². The lowest BCUT2D eigenvalue weighted by Crippen LogP contribution is -2.38. The summed E-state index contributed by atoms with van der Waals surface area (Å²) >= 11 is 0. The molecule has 0 aliphatic carbocycles. The van der Waals surface area contributed by atoms with Crippen LogP contribution in [0, 0.1) is 18.6 Å². The van der Waals surface area contributed by atoms with E-state index in [0.29, 0.717) is 35.1 Å². The molecule has 28 heavy (non-hydrogen) atoms. The quantitative estimate of drug-likeness (QED) is 0.568. The third-order valence-corrected chi connectivity index (χ3v) is 5.65. The van der Waals surface area contributed by atoms with Crippen molar-refractivity contribution in [3.8, 4) is 0 Å². The maximum Gasteiger partial charge on any atom is 0.191 e. The number of nitrogens with zero attached hydrogens (tertiary/aromatic N) is 1. The van der Waals surface area contributed by atoms with Crippen LogP contribution in [0.4, 0.5) is 8.78 Å². The van der Waals surface area contributed by atoms with Gasteiger partial charge in [-0.25, -0.2) is 17.2 Å². The molecule has 2 rings (SSSR count). The van der Waals surface area contributed by atoms with Crippen LogP contribution in [0.2, 0.25) is 0 Å². The number of hydrogen-bond donors (Lipinski definition) is 2. The summed E-state index contributed by atoms with van der Waals surface area (Å²) < 4.78 is 50.3. The number of benzene rings is 2. The molecule has 2 aromatic rings. The molecule has 1 unspecified atom stereocenters. The largest absolute Gasteiger partial charge is 0.356 e. The topological polar surface area (TPSA) is 70.6 Å². The summed E-state index contributed by atoms with van der Waals surface area (Å²) in [6.07, 6.45) is 1.18. The van der Waals surface area contributed by atoms with Crippen LogP contribution in [0.15, 0.2) is 46.3 Å². The van der Waals surface area contributed by atoms with Crippen molar-refractivity contribution in [1.29, 1.82) is 0 Å². The number of hydrogen-bond acceptors (Lipinski definition) is 3. The zero-order chi connectivity index (χ0) is 20.9. The maximum atomic E-state index is 13.9. The summed E-state index contributed by atoms with van der Waals surface area (Å²) in [5, 5.41) is 6.25. The van der Waals surface area contributed by atoms with Gasteiger partial charge in [-0.2, -0.15) is 0 Å². The van der Waals surface area contributed by atoms with Crippen molar-refractivity contribution in [3.05, 3.63) is 64.7 Å². The fourth-order valence-electron chi connectivity index (χ4n) is 2.90. The molecule has 0 bridgehead atoms. The Labute approximate surface area is 164 Å². The Balaban J connectivity index is 1.95. The highest BCUT2D eigenvalue weighted by molar-refractivity contribution is 7.90. The summed E-state index contributed by atoms with van der Waals surface area (Å²) in [7, 11) is -1.63. The average molecular weight is 410 g/mol. The van der Waals surface area contributed by atoms with Crippen LogP contribution in [0.3, 0.4) is 0 Å². The number of aryl methyl sites for hydroxylation is 1. The molecular weight excluding hydrogens is 384 g/mol. The van der Waals surface area contributed by atoms with Gasteiger partial charge in [-0.3, -0.25) is 4.99 Å². The number of sulfone groups is 1. The molecule has 0 spiro atoms. The highest BCUT2D eigenvalue weighted by Crippen LogP contribution is 2.19. The molecule has 1 atom stereocenters. The van der Waals surface area contributed by atoms with Gasteiger partial charge >= 0.3 is 0 Å². The second kappa shape index (κ2) is 9.14. The number of guanidine groups is 1. The van der Waals surface area contributed by atoms with Gasteiger partial charge in [0.15, 0.2) is 15.8 Å². The minimum Gasteiger partial charge on any atom is -0.356 e. The van der Waals surface area contributed by atoms with E-state index in [9.17, 15) is 17.2 Å². The van der Waals surface area contributed by atoms with Crippen molar-refractivity contribution in [2.24, 2.45) is 4.99 Å². The highest BCUT2D eigenvalue weighted by atomic mass is 32.2. The van der Waals surface area contributed by atoms with Crippen LogP contribution in [0.5, 0.6) is 0 Å². The Morgan fingerprint density at radius 2 is 1.86 bits per heavy atom. The molecule has 2 N–H and O–H groups in total. The second-order valence-corrected chi connectivity index (χ2v) is 8.73. The van der Waals surface area contributed by atoms with E-state index in [1.54, 1.807) is 26.1 Å². The van der Waals surface area contributed by atoms with Crippen LogP contribution in [0.1, 0.15) is 29.5 Å². The third-order valence-electron chi connectivity index (χ3n) is 4.39. The fourth-order valence-corrected chi connectivity index (χ4v) is 3.86. The number of halogens is 2. The number of rotatable bonds is 6. The van der Waals surface area contributed by atoms with Gasteiger partial charge in [0.25, 0.3) is 0 Å². The summed E-state index contributed by atoms with van der Waals surface area (Å²) in [5.74, 6) is -0.829. The van der Waals surface area contributed by atoms with E-state index in [1.165, 1.54) is 18.4 Å². The van der Waals surface area contributed by atoms with Crippen LogP contribution in [-0.4, -0.2) is 34.2 Å². The Hall–Kier alpha value is -2.48. The van der Waals surface area contributed by atoms with Crippen LogP contribution < -0.4 is 10.6 Å². The molecule has 0 aromatic heterocycles. The van der Waals surface area contributed by atoms with Gasteiger partial charge in [-0.1, -0.05) is 25.1 Å². The molecule has 0 aliphatic rings. The van der Waals surface area contributed by atoms with Crippen molar-refractivity contribution >= 4 is 15.8 Å². The summed E-state index contributed by atoms with van der Waals surface area (Å²) in [4.78, 5) is 4.44. The minimum absolute atomic E-state index is 0.185. The number of nitrogens with one attached hydrogen (secondary N) is 2. The van der Waals surface area contributed by atoms with E-state index < -0.39 is 21.5 Å². The Bertz CT molecular complexity index is 975. The first-order valence-corrected chi connectivity index (χ1v) is 10.7. The van der Waals surface area contributed by atoms with Crippen molar-refractivity contribution in [2.45, 2.75) is 31.2 Å². The lowest BCUT2D eigenvalue weighted by atomic mass is 10.0. The number of aliphatic imine (C=N–C) groups is 1. The van der Waals surface area contributed by atoms with Crippen LogP contribution >= 0.6 is 0 Å². The van der Waals surface area contributed by atoms with Gasteiger partial charge in [0.2, 0.25) is 0 Å². The summed E-state index contributed by atoms with van der Waals surface area (Å²) in [5.41, 5.74) is 2.02. The highest BCUT2D eigenvalue weighted by Gasteiger charge is 2.13. The maximum absolute atomic E-state index is 13.9. The Kier molecular flexibility index (Phi) is 7.12. The third kappa shape index (κ3) is 5.76.